The van der Waals surface area contributed by atoms with Gasteiger partial charge in [-0.25, -0.2) is 8.42 Å². The highest BCUT2D eigenvalue weighted by Crippen LogP contribution is 2.32. The van der Waals surface area contributed by atoms with E-state index in [0.29, 0.717) is 31.8 Å². The Bertz CT molecular complexity index is 860. The molecule has 1 amide bonds. The number of carbonyl (C=O) groups excluding carboxylic acids is 1. The van der Waals surface area contributed by atoms with Crippen molar-refractivity contribution in [3.05, 3.63) is 29.8 Å². The lowest BCUT2D eigenvalue weighted by Crippen LogP contribution is -2.53. The Balaban J connectivity index is 1.64. The average Bonchev–Trinajstić information content (AvgIpc) is 2.78. The van der Waals surface area contributed by atoms with E-state index in [9.17, 15) is 23.1 Å². The smallest absolute Gasteiger partial charge is 0.307 e. The molecule has 0 aromatic heterocycles. The number of hydrogen-bond acceptors (Lipinski definition) is 4. The SMILES string of the molecule is CC[C@H](C)c1ccc(S(=O)(=O)N2CCN(C(=O)[C@H]3CCCC[C@H]3C(=O)O)CC2)cc1. The van der Waals surface area contributed by atoms with Crippen molar-refractivity contribution in [1.29, 1.82) is 0 Å². The molecule has 2 fully saturated rings. The molecule has 166 valence electrons. The number of piperazine rings is 1. The topological polar surface area (TPSA) is 95.0 Å². The summed E-state index contributed by atoms with van der Waals surface area (Å²) in [6, 6.07) is 7.06. The van der Waals surface area contributed by atoms with Crippen LogP contribution in [-0.4, -0.2) is 60.8 Å². The molecule has 1 aliphatic heterocycles. The molecule has 0 unspecified atom stereocenters. The van der Waals surface area contributed by atoms with Crippen LogP contribution < -0.4 is 0 Å². The van der Waals surface area contributed by atoms with E-state index in [-0.39, 0.29) is 23.9 Å². The van der Waals surface area contributed by atoms with Crippen LogP contribution in [0.2, 0.25) is 0 Å². The molecular weight excluding hydrogens is 404 g/mol. The quantitative estimate of drug-likeness (QED) is 0.740. The van der Waals surface area contributed by atoms with Crippen LogP contribution in [0.25, 0.3) is 0 Å². The van der Waals surface area contributed by atoms with Gasteiger partial charge in [-0.1, -0.05) is 38.8 Å². The number of aliphatic carboxylic acids is 1. The zero-order valence-electron chi connectivity index (χ0n) is 17.8. The molecule has 7 nitrogen and oxygen atoms in total. The molecule has 1 aromatic carbocycles. The van der Waals surface area contributed by atoms with Gasteiger partial charge in [-0.2, -0.15) is 4.31 Å². The van der Waals surface area contributed by atoms with Crippen molar-refractivity contribution in [3.63, 3.8) is 0 Å². The average molecular weight is 437 g/mol. The van der Waals surface area contributed by atoms with Gasteiger partial charge in [-0.15, -0.1) is 0 Å². The van der Waals surface area contributed by atoms with Gasteiger partial charge in [0, 0.05) is 26.2 Å². The third-order valence-electron chi connectivity index (χ3n) is 6.65. The van der Waals surface area contributed by atoms with Gasteiger partial charge in [0.05, 0.1) is 16.7 Å². The van der Waals surface area contributed by atoms with Crippen LogP contribution in [0.5, 0.6) is 0 Å². The Hall–Kier alpha value is -1.93. The highest BCUT2D eigenvalue weighted by Gasteiger charge is 2.39. The molecule has 3 atom stereocenters. The van der Waals surface area contributed by atoms with Crippen molar-refractivity contribution in [2.24, 2.45) is 11.8 Å². The molecular formula is C22H32N2O5S. The van der Waals surface area contributed by atoms with Gasteiger partial charge in [-0.05, 0) is 42.9 Å². The summed E-state index contributed by atoms with van der Waals surface area (Å²) < 4.78 is 27.4. The van der Waals surface area contributed by atoms with Crippen LogP contribution in [0, 0.1) is 11.8 Å². The molecule has 1 aromatic rings. The van der Waals surface area contributed by atoms with E-state index >= 15 is 0 Å². The number of amides is 1. The maximum atomic E-state index is 13.0. The molecule has 0 bridgehead atoms. The molecule has 1 aliphatic carbocycles. The number of rotatable bonds is 6. The molecule has 0 radical (unpaired) electrons. The molecule has 1 N–H and O–H groups in total. The van der Waals surface area contributed by atoms with Crippen molar-refractivity contribution in [2.75, 3.05) is 26.2 Å². The predicted molar refractivity (Wildman–Crippen MR) is 114 cm³/mol. The minimum Gasteiger partial charge on any atom is -0.481 e. The second kappa shape index (κ2) is 9.47. The van der Waals surface area contributed by atoms with Crippen molar-refractivity contribution in [2.45, 2.75) is 56.8 Å². The second-order valence-electron chi connectivity index (χ2n) is 8.44. The first kappa shape index (κ1) is 22.7. The van der Waals surface area contributed by atoms with Gasteiger partial charge >= 0.3 is 5.97 Å². The standard InChI is InChI=1S/C22H32N2O5S/c1-3-16(2)17-8-10-18(11-9-17)30(28,29)24-14-12-23(13-15-24)21(25)19-6-4-5-7-20(19)22(26)27/h8-11,16,19-20H,3-7,12-15H2,1-2H3,(H,26,27)/t16-,19-,20+/m0/s1. The lowest BCUT2D eigenvalue weighted by molar-refractivity contribution is -0.152. The van der Waals surface area contributed by atoms with Crippen molar-refractivity contribution < 1.29 is 23.1 Å². The molecule has 8 heteroatoms. The summed E-state index contributed by atoms with van der Waals surface area (Å²) in [6.07, 6.45) is 3.82. The molecule has 1 saturated heterocycles. The van der Waals surface area contributed by atoms with Crippen LogP contribution in [0.1, 0.15) is 57.4 Å². The number of nitrogens with zero attached hydrogens (tertiary/aromatic N) is 2. The monoisotopic (exact) mass is 436 g/mol. The molecule has 1 saturated carbocycles. The largest absolute Gasteiger partial charge is 0.481 e. The summed E-state index contributed by atoms with van der Waals surface area (Å²) in [5.74, 6) is -1.79. The zero-order chi connectivity index (χ0) is 21.9. The predicted octanol–water partition coefficient (Wildman–Crippen LogP) is 2.92. The molecule has 3 rings (SSSR count). The zero-order valence-corrected chi connectivity index (χ0v) is 18.6. The summed E-state index contributed by atoms with van der Waals surface area (Å²) in [5.41, 5.74) is 1.12. The third-order valence-corrected chi connectivity index (χ3v) is 8.56. The van der Waals surface area contributed by atoms with Gasteiger partial charge in [-0.3, -0.25) is 9.59 Å². The summed E-state index contributed by atoms with van der Waals surface area (Å²) in [4.78, 5) is 26.4. The maximum absolute atomic E-state index is 13.0. The fourth-order valence-electron chi connectivity index (χ4n) is 4.46. The van der Waals surface area contributed by atoms with Crippen LogP contribution >= 0.6 is 0 Å². The Morgan fingerprint density at radius 3 is 2.13 bits per heavy atom. The molecule has 30 heavy (non-hydrogen) atoms. The van der Waals surface area contributed by atoms with E-state index < -0.39 is 27.8 Å². The number of benzene rings is 1. The van der Waals surface area contributed by atoms with Crippen LogP contribution in [-0.2, 0) is 19.6 Å². The highest BCUT2D eigenvalue weighted by atomic mass is 32.2. The van der Waals surface area contributed by atoms with E-state index in [0.717, 1.165) is 24.8 Å². The highest BCUT2D eigenvalue weighted by molar-refractivity contribution is 7.89. The Morgan fingerprint density at radius 1 is 1.03 bits per heavy atom. The van der Waals surface area contributed by atoms with E-state index in [1.807, 2.05) is 12.1 Å². The van der Waals surface area contributed by atoms with Gasteiger partial charge in [0.15, 0.2) is 0 Å². The van der Waals surface area contributed by atoms with Crippen molar-refractivity contribution in [3.8, 4) is 0 Å². The first-order valence-electron chi connectivity index (χ1n) is 10.9. The van der Waals surface area contributed by atoms with Gasteiger partial charge in [0.2, 0.25) is 15.9 Å². The molecule has 2 aliphatic rings. The number of sulfonamides is 1. The normalized spacial score (nSPS) is 24.4. The van der Waals surface area contributed by atoms with E-state index in [4.69, 9.17) is 0 Å². The van der Waals surface area contributed by atoms with Crippen LogP contribution in [0.4, 0.5) is 0 Å². The summed E-state index contributed by atoms with van der Waals surface area (Å²) in [7, 11) is -3.61. The van der Waals surface area contributed by atoms with E-state index in [2.05, 4.69) is 13.8 Å². The number of hydrogen-bond donors (Lipinski definition) is 1. The third kappa shape index (κ3) is 4.70. The minimum absolute atomic E-state index is 0.142. The minimum atomic E-state index is -3.61. The number of carboxylic acids is 1. The number of carboxylic acid groups (broad SMARTS) is 1. The van der Waals surface area contributed by atoms with E-state index in [1.54, 1.807) is 17.0 Å². The number of carbonyl (C=O) groups is 2. The fourth-order valence-corrected chi connectivity index (χ4v) is 5.88. The molecule has 0 spiro atoms. The van der Waals surface area contributed by atoms with Crippen molar-refractivity contribution >= 4 is 21.9 Å². The van der Waals surface area contributed by atoms with Gasteiger partial charge in [0.25, 0.3) is 0 Å². The van der Waals surface area contributed by atoms with Crippen LogP contribution in [0.15, 0.2) is 29.2 Å². The van der Waals surface area contributed by atoms with E-state index in [1.165, 1.54) is 4.31 Å². The lowest BCUT2D eigenvalue weighted by Gasteiger charge is -2.38. The summed E-state index contributed by atoms with van der Waals surface area (Å²) in [6.45, 7) is 5.26. The summed E-state index contributed by atoms with van der Waals surface area (Å²) in [5, 5.41) is 9.44. The summed E-state index contributed by atoms with van der Waals surface area (Å²) >= 11 is 0. The maximum Gasteiger partial charge on any atom is 0.307 e. The Morgan fingerprint density at radius 2 is 1.60 bits per heavy atom. The second-order valence-corrected chi connectivity index (χ2v) is 10.4. The van der Waals surface area contributed by atoms with Gasteiger partial charge in [0.1, 0.15) is 0 Å². The first-order chi connectivity index (χ1) is 14.3. The van der Waals surface area contributed by atoms with Crippen LogP contribution in [0.3, 0.4) is 0 Å². The molecule has 1 heterocycles. The first-order valence-corrected chi connectivity index (χ1v) is 12.3. The lowest BCUT2D eigenvalue weighted by atomic mass is 9.78. The fraction of sp³-hybridized carbons (Fsp3) is 0.636. The Labute approximate surface area is 179 Å². The van der Waals surface area contributed by atoms with Gasteiger partial charge < -0.3 is 10.0 Å². The van der Waals surface area contributed by atoms with Crippen molar-refractivity contribution in [1.82, 2.24) is 9.21 Å². The Kier molecular flexibility index (Phi) is 7.18.